The molecule has 118 valence electrons. The van der Waals surface area contributed by atoms with Crippen LogP contribution in [0.15, 0.2) is 40.2 Å². The van der Waals surface area contributed by atoms with Crippen LogP contribution in [-0.2, 0) is 21.4 Å². The second kappa shape index (κ2) is 6.99. The Kier molecular flexibility index (Phi) is 5.28. The zero-order valence-corrected chi connectivity index (χ0v) is 13.6. The topological polar surface area (TPSA) is 87.6 Å². The van der Waals surface area contributed by atoms with E-state index in [1.165, 1.54) is 16.0 Å². The van der Waals surface area contributed by atoms with Gasteiger partial charge in [0.25, 0.3) is 10.0 Å². The number of thiazole rings is 1. The molecule has 0 unspecified atom stereocenters. The number of benzene rings is 1. The highest BCUT2D eigenvalue weighted by atomic mass is 32.2. The van der Waals surface area contributed by atoms with Gasteiger partial charge in [-0.05, 0) is 12.5 Å². The van der Waals surface area contributed by atoms with E-state index >= 15 is 0 Å². The molecule has 1 heterocycles. The van der Waals surface area contributed by atoms with Crippen LogP contribution in [0, 0.1) is 6.92 Å². The van der Waals surface area contributed by atoms with Gasteiger partial charge in [0, 0.05) is 13.1 Å². The quantitative estimate of drug-likeness (QED) is 0.834. The molecule has 22 heavy (non-hydrogen) atoms. The Bertz CT molecular complexity index is 742. The molecule has 1 N–H and O–H groups in total. The molecular formula is C14H16N2O4S2. The molecule has 0 fully saturated rings. The fourth-order valence-electron chi connectivity index (χ4n) is 1.98. The van der Waals surface area contributed by atoms with Gasteiger partial charge in [-0.2, -0.15) is 4.31 Å². The molecule has 0 saturated heterocycles. The number of aliphatic carboxylic acids is 1. The average molecular weight is 340 g/mol. The number of aryl methyl sites for hydroxylation is 1. The Balaban J connectivity index is 2.28. The number of rotatable bonds is 7. The van der Waals surface area contributed by atoms with Gasteiger partial charge < -0.3 is 5.11 Å². The molecule has 8 heteroatoms. The van der Waals surface area contributed by atoms with Gasteiger partial charge in [0.2, 0.25) is 0 Å². The summed E-state index contributed by atoms with van der Waals surface area (Å²) in [4.78, 5) is 14.6. The fraction of sp³-hybridized carbons (Fsp3) is 0.286. The Morgan fingerprint density at radius 1 is 1.41 bits per heavy atom. The Morgan fingerprint density at radius 3 is 2.77 bits per heavy atom. The molecule has 1 aromatic carbocycles. The van der Waals surface area contributed by atoms with E-state index in [1.54, 1.807) is 0 Å². The van der Waals surface area contributed by atoms with Crippen LogP contribution in [-0.4, -0.2) is 35.3 Å². The predicted molar refractivity (Wildman–Crippen MR) is 83.1 cm³/mol. The lowest BCUT2D eigenvalue weighted by atomic mass is 10.1. The monoisotopic (exact) mass is 340 g/mol. The van der Waals surface area contributed by atoms with Crippen LogP contribution >= 0.6 is 11.3 Å². The first-order valence-corrected chi connectivity index (χ1v) is 8.87. The molecule has 1 aromatic heterocycles. The van der Waals surface area contributed by atoms with E-state index in [0.717, 1.165) is 22.5 Å². The van der Waals surface area contributed by atoms with Crippen molar-refractivity contribution in [3.05, 3.63) is 47.1 Å². The van der Waals surface area contributed by atoms with Crippen molar-refractivity contribution in [3.63, 3.8) is 0 Å². The summed E-state index contributed by atoms with van der Waals surface area (Å²) >= 11 is 1.02. The van der Waals surface area contributed by atoms with Crippen molar-refractivity contribution in [2.75, 3.05) is 6.54 Å². The van der Waals surface area contributed by atoms with E-state index in [-0.39, 0.29) is 23.7 Å². The van der Waals surface area contributed by atoms with Crippen LogP contribution < -0.4 is 0 Å². The fourth-order valence-corrected chi connectivity index (χ4v) is 4.36. The van der Waals surface area contributed by atoms with E-state index < -0.39 is 16.0 Å². The third-order valence-corrected chi connectivity index (χ3v) is 6.11. The maximum atomic E-state index is 12.6. The molecular weight excluding hydrogens is 324 g/mol. The highest BCUT2D eigenvalue weighted by Gasteiger charge is 2.26. The third kappa shape index (κ3) is 4.12. The summed E-state index contributed by atoms with van der Waals surface area (Å²) in [5.74, 6) is -1.03. The van der Waals surface area contributed by atoms with Crippen molar-refractivity contribution < 1.29 is 18.3 Å². The largest absolute Gasteiger partial charge is 0.481 e. The molecule has 0 aliphatic carbocycles. The zero-order chi connectivity index (χ0) is 16.2. The van der Waals surface area contributed by atoms with Crippen LogP contribution in [0.2, 0.25) is 0 Å². The number of carboxylic acids is 1. The summed E-state index contributed by atoms with van der Waals surface area (Å²) in [5.41, 5.74) is 3.28. The van der Waals surface area contributed by atoms with E-state index in [4.69, 9.17) is 5.11 Å². The summed E-state index contributed by atoms with van der Waals surface area (Å²) < 4.78 is 26.5. The minimum atomic E-state index is -3.74. The lowest BCUT2D eigenvalue weighted by Crippen LogP contribution is -2.32. The molecule has 0 atom stereocenters. The first-order chi connectivity index (χ1) is 10.4. The van der Waals surface area contributed by atoms with Gasteiger partial charge in [-0.3, -0.25) is 9.78 Å². The summed E-state index contributed by atoms with van der Waals surface area (Å²) in [6.07, 6.45) is 1.04. The van der Waals surface area contributed by atoms with Crippen LogP contribution in [0.25, 0.3) is 0 Å². The van der Waals surface area contributed by atoms with Gasteiger partial charge in [0.1, 0.15) is 0 Å². The Labute approximate surface area is 133 Å². The van der Waals surface area contributed by atoms with Crippen LogP contribution in [0.3, 0.4) is 0 Å². The van der Waals surface area contributed by atoms with Crippen molar-refractivity contribution >= 4 is 27.3 Å². The minimum Gasteiger partial charge on any atom is -0.481 e. The second-order valence-corrected chi connectivity index (χ2v) is 7.84. The van der Waals surface area contributed by atoms with E-state index in [0.29, 0.717) is 0 Å². The van der Waals surface area contributed by atoms with Crippen molar-refractivity contribution in [2.45, 2.75) is 24.1 Å². The Morgan fingerprint density at radius 2 is 2.18 bits per heavy atom. The molecule has 2 aromatic rings. The molecule has 0 aliphatic heterocycles. The second-order valence-electron chi connectivity index (χ2n) is 4.79. The minimum absolute atomic E-state index is 0.0799. The first kappa shape index (κ1) is 16.6. The number of hydrogen-bond donors (Lipinski definition) is 1. The third-order valence-electron chi connectivity index (χ3n) is 3.02. The molecule has 0 amide bonds. The normalized spacial score (nSPS) is 11.7. The highest BCUT2D eigenvalue weighted by molar-refractivity contribution is 7.91. The maximum absolute atomic E-state index is 12.6. The zero-order valence-electron chi connectivity index (χ0n) is 12.0. The average Bonchev–Trinajstić information content (AvgIpc) is 2.98. The Hall–Kier alpha value is -1.77. The molecule has 0 spiro atoms. The summed E-state index contributed by atoms with van der Waals surface area (Å²) in [6.45, 7) is 1.97. The molecule has 0 bridgehead atoms. The van der Waals surface area contributed by atoms with Gasteiger partial charge in [-0.15, -0.1) is 11.3 Å². The van der Waals surface area contributed by atoms with Crippen LogP contribution in [0.1, 0.15) is 17.5 Å². The van der Waals surface area contributed by atoms with Gasteiger partial charge in [0.05, 0.1) is 18.1 Å². The lowest BCUT2D eigenvalue weighted by Gasteiger charge is -2.20. The number of hydrogen-bond acceptors (Lipinski definition) is 5. The number of carboxylic acid groups (broad SMARTS) is 1. The van der Waals surface area contributed by atoms with Gasteiger partial charge in [0.15, 0.2) is 4.21 Å². The van der Waals surface area contributed by atoms with Gasteiger partial charge >= 0.3 is 5.97 Å². The van der Waals surface area contributed by atoms with Crippen molar-refractivity contribution in [1.82, 2.24) is 9.29 Å². The first-order valence-electron chi connectivity index (χ1n) is 6.55. The van der Waals surface area contributed by atoms with Gasteiger partial charge in [-0.1, -0.05) is 29.8 Å². The number of carbonyl (C=O) groups is 1. The lowest BCUT2D eigenvalue weighted by molar-refractivity contribution is -0.137. The summed E-state index contributed by atoms with van der Waals surface area (Å²) in [5, 5.41) is 8.84. The van der Waals surface area contributed by atoms with Gasteiger partial charge in [-0.25, -0.2) is 8.42 Å². The van der Waals surface area contributed by atoms with E-state index in [2.05, 4.69) is 4.98 Å². The number of sulfonamides is 1. The number of aromatic nitrogens is 1. The molecule has 2 rings (SSSR count). The van der Waals surface area contributed by atoms with E-state index in [1.807, 2.05) is 31.2 Å². The summed E-state index contributed by atoms with van der Waals surface area (Å²) in [6, 6.07) is 7.47. The maximum Gasteiger partial charge on any atom is 0.304 e. The van der Waals surface area contributed by atoms with E-state index in [9.17, 15) is 13.2 Å². The van der Waals surface area contributed by atoms with Crippen LogP contribution in [0.4, 0.5) is 0 Å². The SMILES string of the molecule is Cc1cccc(CN(CCC(=O)O)S(=O)(=O)c2cncs2)c1. The molecule has 0 saturated carbocycles. The smallest absolute Gasteiger partial charge is 0.304 e. The molecule has 0 radical (unpaired) electrons. The van der Waals surface area contributed by atoms with Crippen LogP contribution in [0.5, 0.6) is 0 Å². The van der Waals surface area contributed by atoms with Crippen molar-refractivity contribution in [1.29, 1.82) is 0 Å². The predicted octanol–water partition coefficient (Wildman–Crippen LogP) is 2.12. The number of nitrogens with zero attached hydrogens (tertiary/aromatic N) is 2. The van der Waals surface area contributed by atoms with Crippen molar-refractivity contribution in [3.8, 4) is 0 Å². The molecule has 0 aliphatic rings. The standard InChI is InChI=1S/C14H16N2O4S2/c1-11-3-2-4-12(7-11)9-16(6-5-13(17)18)22(19,20)14-8-15-10-21-14/h2-4,7-8,10H,5-6,9H2,1H3,(H,17,18). The molecule has 6 nitrogen and oxygen atoms in total. The van der Waals surface area contributed by atoms with Crippen molar-refractivity contribution in [2.24, 2.45) is 0 Å². The highest BCUT2D eigenvalue weighted by Crippen LogP contribution is 2.22. The summed E-state index contributed by atoms with van der Waals surface area (Å²) in [7, 11) is -3.74.